The summed E-state index contributed by atoms with van der Waals surface area (Å²) in [6.07, 6.45) is 0. The van der Waals surface area contributed by atoms with E-state index in [1.807, 2.05) is 26.0 Å². The third kappa shape index (κ3) is 4.28. The Balaban J connectivity index is 2.00. The summed E-state index contributed by atoms with van der Waals surface area (Å²) in [6, 6.07) is 13.2. The summed E-state index contributed by atoms with van der Waals surface area (Å²) in [4.78, 5) is 12.1. The summed E-state index contributed by atoms with van der Waals surface area (Å²) in [6.45, 7) is 0.937. The van der Waals surface area contributed by atoms with E-state index in [4.69, 9.17) is 0 Å². The number of hydrogen-bond acceptors (Lipinski definition) is 2. The molecule has 0 spiro atoms. The Bertz CT molecular complexity index is 624. The van der Waals surface area contributed by atoms with Crippen molar-refractivity contribution in [2.75, 3.05) is 0 Å². The normalized spacial score (nSPS) is 12.0. The third-order valence-corrected chi connectivity index (χ3v) is 3.27. The fraction of sp³-hybridized carbons (Fsp3) is 0.235. The second kappa shape index (κ2) is 7.02. The molecule has 2 aromatic carbocycles. The highest BCUT2D eigenvalue weighted by molar-refractivity contribution is 5.94. The zero-order chi connectivity index (χ0) is 16.1. The molecule has 0 saturated carbocycles. The number of carbonyl (C=O) groups excluding carboxylic acids is 1. The molecule has 0 heterocycles. The lowest BCUT2D eigenvalue weighted by atomic mass is 10.1. The topological polar surface area (TPSA) is 38.3 Å². The first-order chi connectivity index (χ1) is 10.5. The number of ether oxygens (including phenoxy) is 1. The first kappa shape index (κ1) is 15.9. The van der Waals surface area contributed by atoms with Crippen LogP contribution in [0.3, 0.4) is 0 Å². The van der Waals surface area contributed by atoms with Crippen molar-refractivity contribution in [2.45, 2.75) is 26.5 Å². The molecule has 2 aromatic rings. The van der Waals surface area contributed by atoms with E-state index in [0.29, 0.717) is 5.56 Å². The quantitative estimate of drug-likeness (QED) is 0.903. The van der Waals surface area contributed by atoms with Crippen LogP contribution in [0.15, 0.2) is 48.5 Å². The lowest BCUT2D eigenvalue weighted by Gasteiger charge is -2.15. The van der Waals surface area contributed by atoms with Crippen LogP contribution in [0.2, 0.25) is 0 Å². The van der Waals surface area contributed by atoms with Crippen LogP contribution in [0.25, 0.3) is 0 Å². The molecule has 1 atom stereocenters. The molecule has 0 fully saturated rings. The maximum atomic E-state index is 12.1. The van der Waals surface area contributed by atoms with Gasteiger partial charge >= 0.3 is 6.61 Å². The number of alkyl halides is 2. The molecule has 1 amide bonds. The van der Waals surface area contributed by atoms with Gasteiger partial charge in [-0.2, -0.15) is 8.78 Å². The number of halogens is 2. The zero-order valence-corrected chi connectivity index (χ0v) is 12.3. The molecule has 3 nitrogen and oxygen atoms in total. The number of amides is 1. The lowest BCUT2D eigenvalue weighted by Crippen LogP contribution is -2.26. The Kier molecular flexibility index (Phi) is 5.09. The SMILES string of the molecule is Cc1ccc(C(=O)NC(C)c2ccc(OC(F)F)cc2)cc1. The highest BCUT2D eigenvalue weighted by Crippen LogP contribution is 2.19. The largest absolute Gasteiger partial charge is 0.435 e. The van der Waals surface area contributed by atoms with Gasteiger partial charge in [0.15, 0.2) is 0 Å². The average Bonchev–Trinajstić information content (AvgIpc) is 2.48. The van der Waals surface area contributed by atoms with Gasteiger partial charge in [0.1, 0.15) is 5.75 Å². The van der Waals surface area contributed by atoms with Crippen molar-refractivity contribution in [3.05, 3.63) is 65.2 Å². The van der Waals surface area contributed by atoms with Gasteiger partial charge in [-0.1, -0.05) is 29.8 Å². The van der Waals surface area contributed by atoms with Crippen molar-refractivity contribution in [3.63, 3.8) is 0 Å². The summed E-state index contributed by atoms with van der Waals surface area (Å²) in [5, 5.41) is 2.86. The summed E-state index contributed by atoms with van der Waals surface area (Å²) in [7, 11) is 0. The highest BCUT2D eigenvalue weighted by Gasteiger charge is 2.12. The van der Waals surface area contributed by atoms with Crippen LogP contribution >= 0.6 is 0 Å². The third-order valence-electron chi connectivity index (χ3n) is 3.27. The van der Waals surface area contributed by atoms with E-state index >= 15 is 0 Å². The number of nitrogens with one attached hydrogen (secondary N) is 1. The number of carbonyl (C=O) groups is 1. The molecule has 2 rings (SSSR count). The van der Waals surface area contributed by atoms with Crippen LogP contribution in [0.1, 0.15) is 34.5 Å². The average molecular weight is 305 g/mol. The van der Waals surface area contributed by atoms with Crippen LogP contribution in [-0.2, 0) is 0 Å². The summed E-state index contributed by atoms with van der Waals surface area (Å²) in [5.74, 6) is -0.0868. The van der Waals surface area contributed by atoms with Gasteiger partial charge in [-0.3, -0.25) is 4.79 Å². The minimum Gasteiger partial charge on any atom is -0.435 e. The van der Waals surface area contributed by atoms with Crippen LogP contribution in [0.5, 0.6) is 5.75 Å². The monoisotopic (exact) mass is 305 g/mol. The second-order valence-corrected chi connectivity index (χ2v) is 5.01. The van der Waals surface area contributed by atoms with Crippen molar-refractivity contribution in [2.24, 2.45) is 0 Å². The molecular weight excluding hydrogens is 288 g/mol. The number of benzene rings is 2. The Morgan fingerprint density at radius 1 is 1.05 bits per heavy atom. The van der Waals surface area contributed by atoms with Gasteiger partial charge in [-0.25, -0.2) is 0 Å². The van der Waals surface area contributed by atoms with Gasteiger partial charge in [0.2, 0.25) is 0 Å². The van der Waals surface area contributed by atoms with E-state index in [2.05, 4.69) is 10.1 Å². The number of rotatable bonds is 5. The van der Waals surface area contributed by atoms with Gasteiger partial charge in [0.05, 0.1) is 6.04 Å². The predicted octanol–water partition coefficient (Wildman–Crippen LogP) is 4.09. The summed E-state index contributed by atoms with van der Waals surface area (Å²) in [5.41, 5.74) is 2.47. The lowest BCUT2D eigenvalue weighted by molar-refractivity contribution is -0.0498. The maximum Gasteiger partial charge on any atom is 0.387 e. The Morgan fingerprint density at radius 3 is 2.18 bits per heavy atom. The van der Waals surface area contributed by atoms with Crippen molar-refractivity contribution in [1.29, 1.82) is 0 Å². The highest BCUT2D eigenvalue weighted by atomic mass is 19.3. The van der Waals surface area contributed by atoms with E-state index in [1.165, 1.54) is 12.1 Å². The molecule has 5 heteroatoms. The van der Waals surface area contributed by atoms with Gasteiger partial charge in [0, 0.05) is 5.56 Å². The van der Waals surface area contributed by atoms with Crippen molar-refractivity contribution >= 4 is 5.91 Å². The summed E-state index contributed by atoms with van der Waals surface area (Å²) < 4.78 is 28.5. The minimum absolute atomic E-state index is 0.0933. The van der Waals surface area contributed by atoms with Crippen molar-refractivity contribution in [3.8, 4) is 5.75 Å². The second-order valence-electron chi connectivity index (χ2n) is 5.01. The van der Waals surface area contributed by atoms with E-state index < -0.39 is 6.61 Å². The van der Waals surface area contributed by atoms with Crippen molar-refractivity contribution < 1.29 is 18.3 Å². The number of hydrogen-bond donors (Lipinski definition) is 1. The summed E-state index contributed by atoms with van der Waals surface area (Å²) >= 11 is 0. The van der Waals surface area contributed by atoms with E-state index in [1.54, 1.807) is 24.3 Å². The predicted molar refractivity (Wildman–Crippen MR) is 80.1 cm³/mol. The molecule has 1 unspecified atom stereocenters. The Labute approximate surface area is 127 Å². The van der Waals surface area contributed by atoms with Crippen LogP contribution in [-0.4, -0.2) is 12.5 Å². The van der Waals surface area contributed by atoms with Crippen LogP contribution in [0, 0.1) is 6.92 Å². The molecule has 0 bridgehead atoms. The standard InChI is InChI=1S/C17H17F2NO2/c1-11-3-5-14(6-4-11)16(21)20-12(2)13-7-9-15(10-8-13)22-17(18)19/h3-10,12,17H,1-2H3,(H,20,21). The van der Waals surface area contributed by atoms with E-state index in [0.717, 1.165) is 11.1 Å². The molecule has 0 aliphatic heterocycles. The smallest absolute Gasteiger partial charge is 0.387 e. The fourth-order valence-electron chi connectivity index (χ4n) is 2.01. The molecule has 0 aliphatic rings. The Morgan fingerprint density at radius 2 is 1.64 bits per heavy atom. The molecule has 116 valence electrons. The first-order valence-corrected chi connectivity index (χ1v) is 6.88. The van der Waals surface area contributed by atoms with Gasteiger partial charge < -0.3 is 10.1 Å². The molecule has 0 saturated heterocycles. The molecule has 0 aromatic heterocycles. The molecule has 0 aliphatic carbocycles. The Hall–Kier alpha value is -2.43. The first-order valence-electron chi connectivity index (χ1n) is 6.88. The fourth-order valence-corrected chi connectivity index (χ4v) is 2.01. The van der Waals surface area contributed by atoms with Crippen LogP contribution in [0.4, 0.5) is 8.78 Å². The van der Waals surface area contributed by atoms with Crippen molar-refractivity contribution in [1.82, 2.24) is 5.32 Å². The van der Waals surface area contributed by atoms with Gasteiger partial charge in [-0.15, -0.1) is 0 Å². The van der Waals surface area contributed by atoms with Gasteiger partial charge in [0.25, 0.3) is 5.91 Å². The number of aryl methyl sites for hydroxylation is 1. The van der Waals surface area contributed by atoms with E-state index in [-0.39, 0.29) is 17.7 Å². The molecular formula is C17H17F2NO2. The van der Waals surface area contributed by atoms with Crippen LogP contribution < -0.4 is 10.1 Å². The molecule has 22 heavy (non-hydrogen) atoms. The zero-order valence-electron chi connectivity index (χ0n) is 12.3. The molecule has 1 N–H and O–H groups in total. The van der Waals surface area contributed by atoms with E-state index in [9.17, 15) is 13.6 Å². The van der Waals surface area contributed by atoms with Gasteiger partial charge in [-0.05, 0) is 43.7 Å². The molecule has 0 radical (unpaired) electrons. The minimum atomic E-state index is -2.84. The maximum absolute atomic E-state index is 12.1.